The third-order valence-electron chi connectivity index (χ3n) is 4.11. The largest absolute Gasteiger partial charge is 0.314 e. The fourth-order valence-electron chi connectivity index (χ4n) is 3.11. The maximum absolute atomic E-state index is 12.8. The Balaban J connectivity index is 2.33. The van der Waals surface area contributed by atoms with E-state index < -0.39 is 0 Å². The summed E-state index contributed by atoms with van der Waals surface area (Å²) >= 11 is 0. The van der Waals surface area contributed by atoms with Gasteiger partial charge in [0, 0.05) is 12.6 Å². The molecular formula is C18H19NO. The van der Waals surface area contributed by atoms with E-state index in [2.05, 4.69) is 32.0 Å². The van der Waals surface area contributed by atoms with Gasteiger partial charge in [-0.25, -0.2) is 0 Å². The standard InChI is InChI=1S/C18H19NO/c1-12(2)17-15-10-5-4-8-13(15)14-9-6-7-11-16(14)19(3)18(17)20/h4-12,17H,1-3H3/t17-/m0/s1. The SMILES string of the molecule is CC(C)[C@@H]1C(=O)N(C)c2ccccc2-c2ccccc21. The molecule has 0 fully saturated rings. The molecule has 1 aliphatic rings. The molecule has 2 nitrogen and oxygen atoms in total. The number of amides is 1. The predicted octanol–water partition coefficient (Wildman–Crippen LogP) is 4.07. The zero-order valence-corrected chi connectivity index (χ0v) is 12.1. The third kappa shape index (κ3) is 1.83. The van der Waals surface area contributed by atoms with Crippen LogP contribution in [0.1, 0.15) is 25.3 Å². The van der Waals surface area contributed by atoms with E-state index >= 15 is 0 Å². The molecule has 0 spiro atoms. The number of benzene rings is 2. The van der Waals surface area contributed by atoms with E-state index in [9.17, 15) is 4.79 Å². The maximum Gasteiger partial charge on any atom is 0.234 e. The molecule has 1 aliphatic heterocycles. The second kappa shape index (κ2) is 4.78. The van der Waals surface area contributed by atoms with Gasteiger partial charge in [-0.05, 0) is 23.1 Å². The van der Waals surface area contributed by atoms with Crippen molar-refractivity contribution >= 4 is 11.6 Å². The summed E-state index contributed by atoms with van der Waals surface area (Å²) in [6.07, 6.45) is 0. The number of fused-ring (bicyclic) bond motifs is 3. The first-order chi connectivity index (χ1) is 9.61. The molecule has 0 N–H and O–H groups in total. The topological polar surface area (TPSA) is 20.3 Å². The van der Waals surface area contributed by atoms with Crippen LogP contribution < -0.4 is 4.90 Å². The molecule has 0 aromatic heterocycles. The minimum Gasteiger partial charge on any atom is -0.314 e. The van der Waals surface area contributed by atoms with Crippen molar-refractivity contribution in [1.29, 1.82) is 0 Å². The van der Waals surface area contributed by atoms with Crippen molar-refractivity contribution in [3.63, 3.8) is 0 Å². The third-order valence-corrected chi connectivity index (χ3v) is 4.11. The van der Waals surface area contributed by atoms with Crippen LogP contribution in [0.3, 0.4) is 0 Å². The zero-order valence-electron chi connectivity index (χ0n) is 12.1. The number of rotatable bonds is 1. The van der Waals surface area contributed by atoms with E-state index in [1.807, 2.05) is 37.4 Å². The van der Waals surface area contributed by atoms with Gasteiger partial charge in [-0.1, -0.05) is 56.3 Å². The summed E-state index contributed by atoms with van der Waals surface area (Å²) in [6, 6.07) is 16.4. The van der Waals surface area contributed by atoms with Crippen LogP contribution in [0, 0.1) is 5.92 Å². The Labute approximate surface area is 120 Å². The summed E-state index contributed by atoms with van der Waals surface area (Å²) in [6.45, 7) is 4.23. The highest BCUT2D eigenvalue weighted by atomic mass is 16.2. The van der Waals surface area contributed by atoms with Crippen molar-refractivity contribution in [3.05, 3.63) is 54.1 Å². The Morgan fingerprint density at radius 2 is 1.55 bits per heavy atom. The lowest BCUT2D eigenvalue weighted by Gasteiger charge is -2.24. The fraction of sp³-hybridized carbons (Fsp3) is 0.278. The van der Waals surface area contributed by atoms with Gasteiger partial charge in [-0.3, -0.25) is 4.79 Å². The molecule has 102 valence electrons. The highest BCUT2D eigenvalue weighted by Gasteiger charge is 2.33. The van der Waals surface area contributed by atoms with Gasteiger partial charge in [0.2, 0.25) is 5.91 Å². The van der Waals surface area contributed by atoms with Gasteiger partial charge < -0.3 is 4.90 Å². The van der Waals surface area contributed by atoms with E-state index in [0.29, 0.717) is 0 Å². The Morgan fingerprint density at radius 1 is 0.950 bits per heavy atom. The summed E-state index contributed by atoms with van der Waals surface area (Å²) in [5.41, 5.74) is 4.46. The quantitative estimate of drug-likeness (QED) is 0.761. The number of para-hydroxylation sites is 1. The summed E-state index contributed by atoms with van der Waals surface area (Å²) in [5, 5.41) is 0. The number of nitrogens with zero attached hydrogens (tertiary/aromatic N) is 1. The first kappa shape index (κ1) is 12.9. The van der Waals surface area contributed by atoms with E-state index in [0.717, 1.165) is 16.8 Å². The van der Waals surface area contributed by atoms with Crippen LogP contribution >= 0.6 is 0 Å². The highest BCUT2D eigenvalue weighted by molar-refractivity contribution is 6.04. The number of carbonyl (C=O) groups is 1. The van der Waals surface area contributed by atoms with Gasteiger partial charge in [-0.15, -0.1) is 0 Å². The molecule has 2 aromatic carbocycles. The van der Waals surface area contributed by atoms with E-state index in [1.54, 1.807) is 4.90 Å². The highest BCUT2D eigenvalue weighted by Crippen LogP contribution is 2.42. The number of carbonyl (C=O) groups excluding carboxylic acids is 1. The van der Waals surface area contributed by atoms with Gasteiger partial charge in [0.15, 0.2) is 0 Å². The van der Waals surface area contributed by atoms with E-state index in [-0.39, 0.29) is 17.7 Å². The second-order valence-corrected chi connectivity index (χ2v) is 5.72. The van der Waals surface area contributed by atoms with Gasteiger partial charge in [0.05, 0.1) is 11.6 Å². The summed E-state index contributed by atoms with van der Waals surface area (Å²) < 4.78 is 0. The van der Waals surface area contributed by atoms with Crippen LogP contribution in [0.4, 0.5) is 5.69 Å². The van der Waals surface area contributed by atoms with E-state index in [4.69, 9.17) is 0 Å². The van der Waals surface area contributed by atoms with Crippen LogP contribution in [0.2, 0.25) is 0 Å². The van der Waals surface area contributed by atoms with Crippen molar-refractivity contribution < 1.29 is 4.79 Å². The molecule has 0 bridgehead atoms. The number of likely N-dealkylation sites (N-methyl/N-ethyl adjacent to an activating group) is 1. The van der Waals surface area contributed by atoms with Crippen LogP contribution in [-0.2, 0) is 4.79 Å². The number of anilines is 1. The first-order valence-electron chi connectivity index (χ1n) is 7.07. The molecule has 0 aliphatic carbocycles. The lowest BCUT2D eigenvalue weighted by Crippen LogP contribution is -2.33. The normalized spacial score (nSPS) is 17.7. The number of hydrogen-bond donors (Lipinski definition) is 0. The van der Waals surface area contributed by atoms with Crippen LogP contribution in [0.5, 0.6) is 0 Å². The Morgan fingerprint density at radius 3 is 2.25 bits per heavy atom. The Kier molecular flexibility index (Phi) is 3.09. The average molecular weight is 265 g/mol. The first-order valence-corrected chi connectivity index (χ1v) is 7.07. The molecule has 3 rings (SSSR count). The molecule has 1 heterocycles. The van der Waals surface area contributed by atoms with Crippen LogP contribution in [-0.4, -0.2) is 13.0 Å². The summed E-state index contributed by atoms with van der Waals surface area (Å²) in [5.74, 6) is 0.376. The molecule has 0 radical (unpaired) electrons. The second-order valence-electron chi connectivity index (χ2n) is 5.72. The monoisotopic (exact) mass is 265 g/mol. The molecular weight excluding hydrogens is 246 g/mol. The van der Waals surface area contributed by atoms with Gasteiger partial charge in [-0.2, -0.15) is 0 Å². The Bertz CT molecular complexity index is 660. The van der Waals surface area contributed by atoms with Crippen molar-refractivity contribution in [3.8, 4) is 11.1 Å². The minimum atomic E-state index is -0.0800. The number of hydrogen-bond acceptors (Lipinski definition) is 1. The van der Waals surface area contributed by atoms with Gasteiger partial charge in [0.1, 0.15) is 0 Å². The van der Waals surface area contributed by atoms with Gasteiger partial charge in [0.25, 0.3) is 0 Å². The average Bonchev–Trinajstić information content (AvgIpc) is 2.55. The smallest absolute Gasteiger partial charge is 0.234 e. The van der Waals surface area contributed by atoms with Crippen molar-refractivity contribution in [2.75, 3.05) is 11.9 Å². The van der Waals surface area contributed by atoms with Gasteiger partial charge >= 0.3 is 0 Å². The Hall–Kier alpha value is -2.09. The summed E-state index contributed by atoms with van der Waals surface area (Å²) in [4.78, 5) is 14.6. The molecule has 1 atom stereocenters. The molecule has 2 heteroatoms. The van der Waals surface area contributed by atoms with E-state index in [1.165, 1.54) is 5.56 Å². The molecule has 20 heavy (non-hydrogen) atoms. The van der Waals surface area contributed by atoms with Crippen LogP contribution in [0.25, 0.3) is 11.1 Å². The lowest BCUT2D eigenvalue weighted by molar-refractivity contribution is -0.120. The zero-order chi connectivity index (χ0) is 14.3. The summed E-state index contributed by atoms with van der Waals surface area (Å²) in [7, 11) is 1.88. The molecule has 0 saturated heterocycles. The molecule has 2 aromatic rings. The minimum absolute atomic E-state index is 0.0800. The fourth-order valence-corrected chi connectivity index (χ4v) is 3.11. The van der Waals surface area contributed by atoms with Crippen LogP contribution in [0.15, 0.2) is 48.5 Å². The van der Waals surface area contributed by atoms with Crippen molar-refractivity contribution in [2.45, 2.75) is 19.8 Å². The maximum atomic E-state index is 12.8. The lowest BCUT2D eigenvalue weighted by atomic mass is 9.84. The van der Waals surface area contributed by atoms with Crippen molar-refractivity contribution in [2.24, 2.45) is 5.92 Å². The molecule has 0 unspecified atom stereocenters. The molecule has 0 saturated carbocycles. The van der Waals surface area contributed by atoms with Crippen molar-refractivity contribution in [1.82, 2.24) is 0 Å². The predicted molar refractivity (Wildman–Crippen MR) is 82.9 cm³/mol. The molecule has 1 amide bonds.